The van der Waals surface area contributed by atoms with Crippen molar-refractivity contribution in [2.45, 2.75) is 0 Å². The van der Waals surface area contributed by atoms with Crippen molar-refractivity contribution in [3.05, 3.63) is 0 Å². The summed E-state index contributed by atoms with van der Waals surface area (Å²) in [5.74, 6) is 0. The predicted molar refractivity (Wildman–Crippen MR) is 46.6 cm³/mol. The van der Waals surface area contributed by atoms with Gasteiger partial charge in [0.05, 0.1) is 0 Å². The van der Waals surface area contributed by atoms with E-state index in [4.69, 9.17) is 49.9 Å². The molecule has 0 aliphatic rings. The topological polar surface area (TPSA) is 0 Å². The Morgan fingerprint density at radius 1 is 0.500 bits per heavy atom. The zero-order valence-corrected chi connectivity index (χ0v) is 15.6. The van der Waals surface area contributed by atoms with Gasteiger partial charge in [-0.1, -0.05) is 0 Å². The molecule has 0 aromatic heterocycles. The minimum atomic E-state index is -2.24. The standard InChI is InChI=1S/6ClH.2Pb/h6*1H;;/q;;;;;;2*+3/p-6. The molecule has 0 unspecified atom stereocenters. The maximum atomic E-state index is 5.02. The summed E-state index contributed by atoms with van der Waals surface area (Å²) >= 11 is -4.48. The summed E-state index contributed by atoms with van der Waals surface area (Å²) in [7, 11) is 30.1. The predicted octanol–water partition coefficient (Wildman–Crippen LogP) is 3.38. The van der Waals surface area contributed by atoms with Crippen molar-refractivity contribution in [1.82, 2.24) is 0 Å². The second-order valence-corrected chi connectivity index (χ2v) is 33.8. The summed E-state index contributed by atoms with van der Waals surface area (Å²) in [5, 5.41) is 0. The molecule has 0 amide bonds. The van der Waals surface area contributed by atoms with Crippen LogP contribution in [0.15, 0.2) is 0 Å². The third kappa shape index (κ3) is 55.0. The second-order valence-electron chi connectivity index (χ2n) is 0.429. The van der Waals surface area contributed by atoms with Gasteiger partial charge in [-0.05, 0) is 0 Å². The van der Waals surface area contributed by atoms with E-state index in [0.29, 0.717) is 0 Å². The van der Waals surface area contributed by atoms with Crippen LogP contribution in [0.5, 0.6) is 0 Å². The summed E-state index contributed by atoms with van der Waals surface area (Å²) in [6.45, 7) is 0. The average Bonchev–Trinajstić information content (AvgIpc) is 1.25. The molecule has 0 heterocycles. The summed E-state index contributed by atoms with van der Waals surface area (Å²) in [6, 6.07) is 0. The molecule has 0 nitrogen and oxygen atoms in total. The van der Waals surface area contributed by atoms with Crippen molar-refractivity contribution in [1.29, 1.82) is 0 Å². The molecule has 0 bridgehead atoms. The molecular weight excluding hydrogens is 627 g/mol. The van der Waals surface area contributed by atoms with Crippen LogP contribution in [0.2, 0.25) is 0 Å². The van der Waals surface area contributed by atoms with Crippen LogP contribution in [-0.4, -0.2) is 38.1 Å². The summed E-state index contributed by atoms with van der Waals surface area (Å²) in [6.07, 6.45) is 0. The van der Waals surface area contributed by atoms with Gasteiger partial charge in [0.25, 0.3) is 0 Å². The fourth-order valence-electron chi connectivity index (χ4n) is 0. The van der Waals surface area contributed by atoms with Crippen molar-refractivity contribution in [2.75, 3.05) is 0 Å². The molecule has 0 N–H and O–H groups in total. The fraction of sp³-hybridized carbons (Fsp3) is 0. The number of hydrogen-bond donors (Lipinski definition) is 0. The monoisotopic (exact) mass is 626 g/mol. The van der Waals surface area contributed by atoms with Gasteiger partial charge in [0.15, 0.2) is 0 Å². The maximum absolute atomic E-state index is 5.02. The molecule has 8 heteroatoms. The summed E-state index contributed by atoms with van der Waals surface area (Å²) in [4.78, 5) is 0. The number of halogens is 6. The first kappa shape index (κ1) is 14.1. The van der Waals surface area contributed by atoms with Gasteiger partial charge < -0.3 is 0 Å². The van der Waals surface area contributed by atoms with Gasteiger partial charge in [-0.2, -0.15) is 0 Å². The molecule has 0 spiro atoms. The molecule has 0 fully saturated rings. The average molecular weight is 627 g/mol. The molecule has 8 heavy (non-hydrogen) atoms. The van der Waals surface area contributed by atoms with E-state index in [9.17, 15) is 0 Å². The third-order valence-electron chi connectivity index (χ3n) is 0. The van der Waals surface area contributed by atoms with E-state index in [1.807, 2.05) is 0 Å². The van der Waals surface area contributed by atoms with Crippen LogP contribution in [0.1, 0.15) is 0 Å². The van der Waals surface area contributed by atoms with E-state index in [2.05, 4.69) is 0 Å². The zero-order chi connectivity index (χ0) is 7.15. The van der Waals surface area contributed by atoms with E-state index < -0.39 is 38.1 Å². The van der Waals surface area contributed by atoms with Gasteiger partial charge in [-0.3, -0.25) is 0 Å². The van der Waals surface area contributed by atoms with Crippen molar-refractivity contribution < 1.29 is 0 Å². The van der Waals surface area contributed by atoms with Gasteiger partial charge in [0.1, 0.15) is 0 Å². The molecule has 0 aliphatic heterocycles. The van der Waals surface area contributed by atoms with E-state index in [1.165, 1.54) is 0 Å². The number of hydrogen-bond acceptors (Lipinski definition) is 0. The molecule has 0 aromatic carbocycles. The molecular formula is Cl6Pb2. The molecule has 0 aliphatic carbocycles. The van der Waals surface area contributed by atoms with Crippen LogP contribution in [0.25, 0.3) is 0 Å². The van der Waals surface area contributed by atoms with Crippen LogP contribution in [0.4, 0.5) is 0 Å². The quantitative estimate of drug-likeness (QED) is 0.362. The van der Waals surface area contributed by atoms with Crippen molar-refractivity contribution >= 4 is 88.0 Å². The Hall–Kier alpha value is 3.58. The molecule has 0 saturated carbocycles. The minimum absolute atomic E-state index is 2.24. The molecule has 50 valence electrons. The van der Waals surface area contributed by atoms with E-state index >= 15 is 0 Å². The van der Waals surface area contributed by atoms with E-state index in [-0.39, 0.29) is 0 Å². The molecule has 0 rings (SSSR count). The van der Waals surface area contributed by atoms with Crippen molar-refractivity contribution in [2.24, 2.45) is 0 Å². The Morgan fingerprint density at radius 3 is 0.500 bits per heavy atom. The Kier molecular flexibility index (Phi) is 18.7. The van der Waals surface area contributed by atoms with Crippen LogP contribution in [0.3, 0.4) is 0 Å². The first-order valence-electron chi connectivity index (χ1n) is 1.13. The second kappa shape index (κ2) is 10.6. The van der Waals surface area contributed by atoms with Gasteiger partial charge in [-0.15, -0.1) is 0 Å². The Morgan fingerprint density at radius 2 is 0.500 bits per heavy atom. The molecule has 0 saturated heterocycles. The van der Waals surface area contributed by atoms with Crippen LogP contribution < -0.4 is 0 Å². The zero-order valence-electron chi connectivity index (χ0n) is 3.27. The molecule has 2 radical (unpaired) electrons. The molecule has 0 atom stereocenters. The van der Waals surface area contributed by atoms with Crippen molar-refractivity contribution in [3.63, 3.8) is 0 Å². The first-order valence-corrected chi connectivity index (χ1v) is 29.8. The Bertz CT molecular complexity index is 22.0. The fourth-order valence-corrected chi connectivity index (χ4v) is 0. The van der Waals surface area contributed by atoms with E-state index in [0.717, 1.165) is 0 Å². The third-order valence-corrected chi connectivity index (χ3v) is 0. The van der Waals surface area contributed by atoms with Gasteiger partial charge in [0, 0.05) is 0 Å². The van der Waals surface area contributed by atoms with Gasteiger partial charge in [-0.25, -0.2) is 0 Å². The van der Waals surface area contributed by atoms with Crippen molar-refractivity contribution in [3.8, 4) is 0 Å². The normalized spacial score (nSPS) is 9.00. The molecule has 0 aromatic rings. The van der Waals surface area contributed by atoms with E-state index in [1.54, 1.807) is 0 Å². The van der Waals surface area contributed by atoms with Crippen LogP contribution in [-0.2, 0) is 0 Å². The first-order chi connectivity index (χ1) is 3.46. The van der Waals surface area contributed by atoms with Crippen LogP contribution >= 0.6 is 49.9 Å². The number of rotatable bonds is 0. The Labute approximate surface area is 85.8 Å². The summed E-state index contributed by atoms with van der Waals surface area (Å²) < 4.78 is 0. The Balaban J connectivity index is 0. The van der Waals surface area contributed by atoms with Crippen LogP contribution in [0, 0.1) is 0 Å². The SMILES string of the molecule is [Cl][Pb]([Cl])[Cl].[Cl][Pb]([Cl])[Cl]. The van der Waals surface area contributed by atoms with Gasteiger partial charge in [0.2, 0.25) is 0 Å². The summed E-state index contributed by atoms with van der Waals surface area (Å²) in [5.41, 5.74) is 0. The van der Waals surface area contributed by atoms with Gasteiger partial charge >= 0.3 is 88.0 Å².